The smallest absolute Gasteiger partial charge is 0.302 e. The molecule has 0 aromatic carbocycles. The molecule has 0 saturated carbocycles. The highest BCUT2D eigenvalue weighted by atomic mass is 32.2. The van der Waals surface area contributed by atoms with Crippen molar-refractivity contribution in [3.05, 3.63) is 24.3 Å². The second-order valence-electron chi connectivity index (χ2n) is 32.3. The molecule has 0 aliphatic rings. The van der Waals surface area contributed by atoms with Crippen LogP contribution in [0.15, 0.2) is 24.3 Å². The number of nitrogens with zero attached hydrogens (tertiary/aromatic N) is 5. The SMILES string of the molecule is C/C=C/C[C@@H](C)[C@@H](O)C(C(=O)C(C)C)N(C)C(C)C.C/C=C/C[C@@H](C)[C@@H](OC(C)=O)C(C(=O)C(C)C)N(C)C(C)C.CC(=O)O[C@@H](C(C(=O)C(C)C)N(C)C(C)C)[C@H](C)CC=O.CC(=O)O[C@@H](C(C(=O)C(C)C)N(C)C(C)C)[C@H](C)CCO.CC(=O)O[C@@H](C(C(=O)C(C)C)N(C)C(C)C)[C@H](C)CCOS(C)(=O)=O. The molecule has 634 valence electrons. The molecule has 0 heterocycles. The molecular formula is C83H157N5O19S. The lowest BCUT2D eigenvalue weighted by Crippen LogP contribution is -2.54. The summed E-state index contributed by atoms with van der Waals surface area (Å²) in [6.45, 7) is 57.5. The lowest BCUT2D eigenvalue weighted by atomic mass is 9.87. The number of allylic oxidation sites excluding steroid dienone is 4. The fourth-order valence-corrected chi connectivity index (χ4v) is 11.9. The Bertz CT molecular complexity index is 2780. The lowest BCUT2D eigenvalue weighted by molar-refractivity contribution is -0.159. The van der Waals surface area contributed by atoms with Crippen LogP contribution in [-0.4, -0.2) is 248 Å². The minimum Gasteiger partial charge on any atom is -0.460 e. The molecule has 0 aliphatic carbocycles. The van der Waals surface area contributed by atoms with Gasteiger partial charge in [0.15, 0.2) is 28.9 Å². The number of Topliss-reactive ketones (excluding diaryl/α,β-unsaturated/α-hetero) is 5. The monoisotopic (exact) mass is 1560 g/mol. The Labute approximate surface area is 656 Å². The van der Waals surface area contributed by atoms with Crippen molar-refractivity contribution in [1.82, 2.24) is 24.5 Å². The van der Waals surface area contributed by atoms with Crippen LogP contribution in [0, 0.1) is 59.2 Å². The molecule has 2 N–H and O–H groups in total. The maximum atomic E-state index is 12.8. The van der Waals surface area contributed by atoms with Gasteiger partial charge in [-0.2, -0.15) is 8.42 Å². The average molecular weight is 1560 g/mol. The van der Waals surface area contributed by atoms with Gasteiger partial charge in [-0.25, -0.2) is 0 Å². The standard InChI is InChI=1S/C18H33NO3.C17H33NO6S.C16H31NO4.C16H29NO4.C16H31NO2/c1-9-10-11-14(6)18(22-15(7)20)16(17(21)12(2)3)19(8)13(4)5;1-11(2)16(20)15(18(7)12(3)4)17(24-14(6)19)13(5)9-10-23-25(8,21)22;2*1-10(2)15(20)14(17(7)11(3)4)16(21-13(6)19)12(5)8-9-18;1-8-9-10-13(6)16(19)14(15(18)11(2)3)17(7)12(4)5/h9-10,12-14,16,18H,11H2,1-8H3;11-13,15,17H,9-10H2,1-8H3;10-12,14,16,18H,8-9H2,1-7H3;9-12,14,16H,8H2,1-7H3;8-9,11-14,16,19H,10H2,1-7H3/b10-9+;;;;9-8+/t14-,16?,18-;13-,15?,17-;2*12-,14?,16-;13-,14?,16-/m11111/s1. The summed E-state index contributed by atoms with van der Waals surface area (Å²) in [6, 6.07) is -1.68. The molecule has 0 amide bonds. The Balaban J connectivity index is -0.000000410. The largest absolute Gasteiger partial charge is 0.460 e. The van der Waals surface area contributed by atoms with E-state index < -0.39 is 88.8 Å². The third-order valence-corrected chi connectivity index (χ3v) is 20.2. The van der Waals surface area contributed by atoms with Crippen LogP contribution in [-0.2, 0) is 81.2 Å². The van der Waals surface area contributed by atoms with Gasteiger partial charge in [-0.05, 0) is 168 Å². The third-order valence-electron chi connectivity index (χ3n) is 19.6. The normalized spacial score (nSPS) is 16.4. The van der Waals surface area contributed by atoms with Gasteiger partial charge in [-0.15, -0.1) is 0 Å². The molecule has 0 fully saturated rings. The Morgan fingerprint density at radius 3 is 0.796 bits per heavy atom. The average Bonchev–Trinajstić information content (AvgIpc) is 0.853. The van der Waals surface area contributed by atoms with E-state index in [1.54, 1.807) is 0 Å². The van der Waals surface area contributed by atoms with E-state index in [1.165, 1.54) is 27.7 Å². The first-order valence-electron chi connectivity index (χ1n) is 39.2. The van der Waals surface area contributed by atoms with Gasteiger partial charge in [-0.3, -0.25) is 71.8 Å². The van der Waals surface area contributed by atoms with Gasteiger partial charge in [0.2, 0.25) is 0 Å². The zero-order chi connectivity index (χ0) is 86.0. The van der Waals surface area contributed by atoms with Crippen molar-refractivity contribution in [1.29, 1.82) is 0 Å². The zero-order valence-corrected chi connectivity index (χ0v) is 75.1. The molecule has 5 unspecified atom stereocenters. The van der Waals surface area contributed by atoms with E-state index in [2.05, 4.69) is 0 Å². The van der Waals surface area contributed by atoms with E-state index in [9.17, 15) is 61.5 Å². The lowest BCUT2D eigenvalue weighted by Gasteiger charge is -2.38. The van der Waals surface area contributed by atoms with Crippen LogP contribution in [0.1, 0.15) is 247 Å². The van der Waals surface area contributed by atoms with E-state index >= 15 is 0 Å². The Morgan fingerprint density at radius 2 is 0.583 bits per heavy atom. The molecule has 0 radical (unpaired) electrons. The van der Waals surface area contributed by atoms with E-state index in [1.807, 2.05) is 271 Å². The molecule has 0 saturated heterocycles. The van der Waals surface area contributed by atoms with Gasteiger partial charge in [0, 0.05) is 106 Å². The van der Waals surface area contributed by atoms with Crippen molar-refractivity contribution in [2.24, 2.45) is 59.2 Å². The second kappa shape index (κ2) is 57.1. The summed E-state index contributed by atoms with van der Waals surface area (Å²) in [6.07, 6.45) is 9.61. The quantitative estimate of drug-likeness (QED) is 0.0188. The van der Waals surface area contributed by atoms with Gasteiger partial charge < -0.3 is 34.0 Å². The summed E-state index contributed by atoms with van der Waals surface area (Å²) in [4.78, 5) is 130. The van der Waals surface area contributed by atoms with Gasteiger partial charge in [0.1, 0.15) is 54.9 Å². The Kier molecular flexibility index (Phi) is 59.0. The van der Waals surface area contributed by atoms with Crippen molar-refractivity contribution >= 4 is 69.2 Å². The molecule has 0 spiro atoms. The summed E-state index contributed by atoms with van der Waals surface area (Å²) in [7, 11) is 5.85. The van der Waals surface area contributed by atoms with Crippen LogP contribution in [0.25, 0.3) is 0 Å². The molecular weight excluding hydrogens is 1400 g/mol. The van der Waals surface area contributed by atoms with Crippen molar-refractivity contribution in [2.45, 2.75) is 338 Å². The number of hydrogen-bond donors (Lipinski definition) is 2. The minimum atomic E-state index is -3.53. The number of rotatable bonds is 46. The Hall–Kier alpha value is -4.99. The first-order valence-corrected chi connectivity index (χ1v) is 41.0. The molecule has 0 aliphatic heterocycles. The van der Waals surface area contributed by atoms with Crippen LogP contribution in [0.5, 0.6) is 0 Å². The van der Waals surface area contributed by atoms with Crippen molar-refractivity contribution in [3.63, 3.8) is 0 Å². The minimum absolute atomic E-state index is 0.00686. The second-order valence-corrected chi connectivity index (χ2v) is 34.0. The van der Waals surface area contributed by atoms with E-state index in [-0.39, 0.29) is 144 Å². The summed E-state index contributed by atoms with van der Waals surface area (Å²) >= 11 is 0. The number of ketones is 5. The number of aliphatic hydroxyl groups is 2. The molecule has 108 heavy (non-hydrogen) atoms. The maximum Gasteiger partial charge on any atom is 0.302 e. The number of aliphatic hydroxyl groups excluding tert-OH is 2. The molecule has 15 atom stereocenters. The number of carbonyl (C=O) groups excluding carboxylic acids is 10. The predicted octanol–water partition coefficient (Wildman–Crippen LogP) is 12.1. The van der Waals surface area contributed by atoms with Crippen LogP contribution in [0.2, 0.25) is 0 Å². The zero-order valence-electron chi connectivity index (χ0n) is 74.2. The fourth-order valence-electron chi connectivity index (χ4n) is 11.5. The number of aldehydes is 1. The number of esters is 4. The highest BCUT2D eigenvalue weighted by Gasteiger charge is 2.44. The molecule has 0 rings (SSSR count). The van der Waals surface area contributed by atoms with Gasteiger partial charge in [0.25, 0.3) is 10.1 Å². The van der Waals surface area contributed by atoms with Gasteiger partial charge in [0.05, 0.1) is 25.0 Å². The predicted molar refractivity (Wildman–Crippen MR) is 433 cm³/mol. The van der Waals surface area contributed by atoms with E-state index in [0.717, 1.165) is 25.4 Å². The third kappa shape index (κ3) is 43.7. The fraction of sp³-hybridized carbons (Fsp3) is 0.831. The van der Waals surface area contributed by atoms with Crippen LogP contribution >= 0.6 is 0 Å². The summed E-state index contributed by atoms with van der Waals surface area (Å²) in [5.41, 5.74) is 0. The van der Waals surface area contributed by atoms with E-state index in [0.29, 0.717) is 12.8 Å². The van der Waals surface area contributed by atoms with Crippen molar-refractivity contribution < 1.29 is 89.7 Å². The molecule has 24 nitrogen and oxygen atoms in total. The summed E-state index contributed by atoms with van der Waals surface area (Å²) in [5, 5.41) is 19.7. The van der Waals surface area contributed by atoms with Crippen molar-refractivity contribution in [2.75, 3.05) is 54.7 Å². The maximum absolute atomic E-state index is 12.8. The highest BCUT2D eigenvalue weighted by Crippen LogP contribution is 2.29. The number of ether oxygens (including phenoxy) is 4. The number of likely N-dealkylation sites (N-methyl/N-ethyl adjacent to an activating group) is 5. The number of hydrogen-bond acceptors (Lipinski definition) is 24. The molecule has 0 bridgehead atoms. The molecule has 0 aromatic heterocycles. The number of carbonyl (C=O) groups is 10. The van der Waals surface area contributed by atoms with Crippen LogP contribution in [0.3, 0.4) is 0 Å². The first kappa shape index (κ1) is 112. The van der Waals surface area contributed by atoms with E-state index in [4.69, 9.17) is 28.2 Å². The molecule has 0 aromatic rings. The molecule has 25 heteroatoms. The van der Waals surface area contributed by atoms with Crippen LogP contribution in [0.4, 0.5) is 0 Å². The Morgan fingerprint density at radius 1 is 0.361 bits per heavy atom. The van der Waals surface area contributed by atoms with Gasteiger partial charge >= 0.3 is 23.9 Å². The van der Waals surface area contributed by atoms with Crippen molar-refractivity contribution in [3.8, 4) is 0 Å². The first-order chi connectivity index (χ1) is 49.4. The topological polar surface area (TPSA) is 308 Å². The summed E-state index contributed by atoms with van der Waals surface area (Å²) in [5.74, 6) is -2.42. The highest BCUT2D eigenvalue weighted by molar-refractivity contribution is 7.86. The summed E-state index contributed by atoms with van der Waals surface area (Å²) < 4.78 is 49.0. The van der Waals surface area contributed by atoms with Crippen LogP contribution < -0.4 is 0 Å². The van der Waals surface area contributed by atoms with Gasteiger partial charge in [-0.1, -0.05) is 128 Å².